The van der Waals surface area contributed by atoms with E-state index in [1.165, 1.54) is 16.3 Å². The van der Waals surface area contributed by atoms with E-state index in [9.17, 15) is 10.0 Å². The van der Waals surface area contributed by atoms with Crippen molar-refractivity contribution in [3.05, 3.63) is 133 Å². The van der Waals surface area contributed by atoms with Crippen molar-refractivity contribution in [1.29, 1.82) is 0 Å². The van der Waals surface area contributed by atoms with Crippen LogP contribution in [0.25, 0.3) is 32.7 Å². The van der Waals surface area contributed by atoms with Gasteiger partial charge in [0.05, 0.1) is 0 Å². The topological polar surface area (TPSA) is 52.9 Å². The lowest BCUT2D eigenvalue weighted by Gasteiger charge is -2.26. The van der Waals surface area contributed by atoms with Gasteiger partial charge < -0.3 is 19.6 Å². The molecule has 0 amide bonds. The molecule has 2 N–H and O–H groups in total. The van der Waals surface area contributed by atoms with Gasteiger partial charge in [0.15, 0.2) is 0 Å². The normalized spacial score (nSPS) is 11.0. The summed E-state index contributed by atoms with van der Waals surface area (Å²) < 4.78 is 5.07. The van der Waals surface area contributed by atoms with E-state index in [4.69, 9.17) is 4.65 Å². The highest BCUT2D eigenvalue weighted by Crippen LogP contribution is 2.37. The molecule has 4 nitrogen and oxygen atoms in total. The largest absolute Gasteiger partial charge is 0.707 e. The zero-order valence-electron chi connectivity index (χ0n) is 20.0. The van der Waals surface area contributed by atoms with Gasteiger partial charge in [-0.25, -0.2) is 0 Å². The number of rotatable bonds is 6. The first-order valence-electron chi connectivity index (χ1n) is 12.2. The Morgan fingerprint density at radius 2 is 1.05 bits per heavy atom. The highest BCUT2D eigenvalue weighted by Gasteiger charge is 2.15. The molecule has 0 spiro atoms. The number of anilines is 3. The zero-order valence-corrected chi connectivity index (χ0v) is 20.0. The minimum Gasteiger partial charge on any atom is -0.512 e. The van der Waals surface area contributed by atoms with Gasteiger partial charge in [0.25, 0.3) is 0 Å². The van der Waals surface area contributed by atoms with Crippen LogP contribution in [0.1, 0.15) is 0 Å². The lowest BCUT2D eigenvalue weighted by atomic mass is 10.0. The van der Waals surface area contributed by atoms with Gasteiger partial charge in [0, 0.05) is 17.1 Å². The predicted octanol–water partition coefficient (Wildman–Crippen LogP) is 7.48. The third-order valence-electron chi connectivity index (χ3n) is 6.52. The van der Waals surface area contributed by atoms with Gasteiger partial charge in [-0.1, -0.05) is 78.9 Å². The van der Waals surface area contributed by atoms with Crippen LogP contribution in [0.4, 0.5) is 17.1 Å². The summed E-state index contributed by atoms with van der Waals surface area (Å²) in [6.45, 7) is 0. The molecule has 0 heterocycles. The Balaban J connectivity index is 1.40. The van der Waals surface area contributed by atoms with Crippen LogP contribution in [-0.4, -0.2) is 17.4 Å². The van der Waals surface area contributed by atoms with Gasteiger partial charge in [-0.05, 0) is 87.3 Å². The summed E-state index contributed by atoms with van der Waals surface area (Å²) in [4.78, 5) is 2.21. The maximum Gasteiger partial charge on any atom is 0.707 e. The van der Waals surface area contributed by atoms with Gasteiger partial charge in [-0.3, -0.25) is 0 Å². The smallest absolute Gasteiger partial charge is 0.512 e. The summed E-state index contributed by atoms with van der Waals surface area (Å²) in [5.41, 5.74) is 5.40. The minimum atomic E-state index is -1.86. The van der Waals surface area contributed by atoms with E-state index in [2.05, 4.69) is 102 Å². The standard InChI is InChI=1S/C32H24BNO3/c35-33(36)37-32-19-15-25-14-18-31(21-28(25)22-32)34(29-8-2-1-3-9-29)30-16-12-24(13-17-30)27-11-10-23-6-4-5-7-26(23)20-27/h1-22,35-36H. The molecule has 0 saturated carbocycles. The van der Waals surface area contributed by atoms with Crippen molar-refractivity contribution in [3.8, 4) is 16.9 Å². The van der Waals surface area contributed by atoms with Crippen molar-refractivity contribution < 1.29 is 14.7 Å². The third-order valence-corrected chi connectivity index (χ3v) is 6.52. The molecule has 37 heavy (non-hydrogen) atoms. The van der Waals surface area contributed by atoms with Crippen molar-refractivity contribution >= 4 is 45.9 Å². The molecule has 0 unspecified atom stereocenters. The number of para-hydroxylation sites is 1. The monoisotopic (exact) mass is 481 g/mol. The van der Waals surface area contributed by atoms with E-state index < -0.39 is 7.32 Å². The molecule has 5 heteroatoms. The van der Waals surface area contributed by atoms with Gasteiger partial charge >= 0.3 is 7.32 Å². The Kier molecular flexibility index (Phi) is 6.07. The summed E-state index contributed by atoms with van der Waals surface area (Å²) in [7, 11) is -1.86. The molecule has 178 valence electrons. The zero-order chi connectivity index (χ0) is 25.2. The summed E-state index contributed by atoms with van der Waals surface area (Å²) in [5, 5.41) is 22.8. The van der Waals surface area contributed by atoms with E-state index in [-0.39, 0.29) is 0 Å². The number of fused-ring (bicyclic) bond motifs is 2. The fourth-order valence-corrected chi connectivity index (χ4v) is 4.74. The molecule has 6 aromatic carbocycles. The fraction of sp³-hybridized carbons (Fsp3) is 0. The van der Waals surface area contributed by atoms with E-state index in [1.54, 1.807) is 6.07 Å². The summed E-state index contributed by atoms with van der Waals surface area (Å²) in [5.74, 6) is 0.394. The quantitative estimate of drug-likeness (QED) is 0.242. The molecule has 0 aliphatic carbocycles. The fourth-order valence-electron chi connectivity index (χ4n) is 4.74. The van der Waals surface area contributed by atoms with Crippen molar-refractivity contribution in [1.82, 2.24) is 0 Å². The molecule has 0 aliphatic rings. The van der Waals surface area contributed by atoms with Crippen molar-refractivity contribution in [2.24, 2.45) is 0 Å². The van der Waals surface area contributed by atoms with Crippen LogP contribution in [0, 0.1) is 0 Å². The Labute approximate surface area is 215 Å². The molecule has 0 bridgehead atoms. The molecule has 0 fully saturated rings. The van der Waals surface area contributed by atoms with Gasteiger partial charge in [-0.15, -0.1) is 0 Å². The molecule has 0 saturated heterocycles. The minimum absolute atomic E-state index is 0.394. The highest BCUT2D eigenvalue weighted by molar-refractivity contribution is 6.33. The molecule has 0 aromatic heterocycles. The average molecular weight is 481 g/mol. The highest BCUT2D eigenvalue weighted by atomic mass is 16.6. The third kappa shape index (κ3) is 4.78. The summed E-state index contributed by atoms with van der Waals surface area (Å²) >= 11 is 0. The average Bonchev–Trinajstić information content (AvgIpc) is 2.93. The van der Waals surface area contributed by atoms with Crippen LogP contribution < -0.4 is 9.55 Å². The van der Waals surface area contributed by atoms with E-state index in [0.29, 0.717) is 5.75 Å². The van der Waals surface area contributed by atoms with E-state index >= 15 is 0 Å². The first-order chi connectivity index (χ1) is 18.1. The van der Waals surface area contributed by atoms with Crippen LogP contribution in [0.15, 0.2) is 133 Å². The molecule has 0 radical (unpaired) electrons. The van der Waals surface area contributed by atoms with Gasteiger partial charge in [0.2, 0.25) is 0 Å². The van der Waals surface area contributed by atoms with Crippen LogP contribution in [0.2, 0.25) is 0 Å². The number of hydrogen-bond acceptors (Lipinski definition) is 4. The molecular weight excluding hydrogens is 457 g/mol. The predicted molar refractivity (Wildman–Crippen MR) is 152 cm³/mol. The van der Waals surface area contributed by atoms with Crippen molar-refractivity contribution in [3.63, 3.8) is 0 Å². The Bertz CT molecular complexity index is 1680. The number of hydrogen-bond donors (Lipinski definition) is 2. The Morgan fingerprint density at radius 3 is 1.84 bits per heavy atom. The first-order valence-corrected chi connectivity index (χ1v) is 12.2. The molecule has 6 aromatic rings. The lowest BCUT2D eigenvalue weighted by Crippen LogP contribution is -2.20. The summed E-state index contributed by atoms with van der Waals surface area (Å²) in [6.07, 6.45) is 0. The van der Waals surface area contributed by atoms with Gasteiger partial charge in [0.1, 0.15) is 5.75 Å². The second kappa shape index (κ2) is 9.82. The van der Waals surface area contributed by atoms with Crippen molar-refractivity contribution in [2.45, 2.75) is 0 Å². The summed E-state index contributed by atoms with van der Waals surface area (Å²) in [6, 6.07) is 45.5. The van der Waals surface area contributed by atoms with Crippen LogP contribution >= 0.6 is 0 Å². The Morgan fingerprint density at radius 1 is 0.459 bits per heavy atom. The lowest BCUT2D eigenvalue weighted by molar-refractivity contribution is 0.288. The van der Waals surface area contributed by atoms with Crippen LogP contribution in [-0.2, 0) is 0 Å². The van der Waals surface area contributed by atoms with Crippen LogP contribution in [0.5, 0.6) is 5.75 Å². The Hall–Kier alpha value is -4.58. The second-order valence-corrected chi connectivity index (χ2v) is 8.92. The number of benzene rings is 6. The van der Waals surface area contributed by atoms with Crippen LogP contribution in [0.3, 0.4) is 0 Å². The maximum absolute atomic E-state index is 9.20. The van der Waals surface area contributed by atoms with Crippen molar-refractivity contribution in [2.75, 3.05) is 4.90 Å². The SMILES string of the molecule is OB(O)Oc1ccc2ccc(N(c3ccccc3)c3ccc(-c4ccc5ccccc5c4)cc3)cc2c1. The second-order valence-electron chi connectivity index (χ2n) is 8.92. The van der Waals surface area contributed by atoms with Gasteiger partial charge in [-0.2, -0.15) is 0 Å². The van der Waals surface area contributed by atoms with E-state index in [1.807, 2.05) is 30.3 Å². The van der Waals surface area contributed by atoms with E-state index in [0.717, 1.165) is 33.4 Å². The number of nitrogens with zero attached hydrogens (tertiary/aromatic N) is 1. The maximum atomic E-state index is 9.20. The molecule has 0 atom stereocenters. The first kappa shape index (κ1) is 22.9. The molecule has 6 rings (SSSR count). The molecule has 0 aliphatic heterocycles. The molecular formula is C32H24BNO3.